The van der Waals surface area contributed by atoms with Crippen molar-refractivity contribution in [3.8, 4) is 0 Å². The third kappa shape index (κ3) is 4.85. The number of halogens is 1. The molecule has 1 atom stereocenters. The van der Waals surface area contributed by atoms with E-state index in [1.807, 2.05) is 19.9 Å². The number of nitrogens with one attached hydrogen (secondary N) is 1. The van der Waals surface area contributed by atoms with Crippen LogP contribution in [0.5, 0.6) is 0 Å². The van der Waals surface area contributed by atoms with Crippen LogP contribution in [-0.4, -0.2) is 26.0 Å². The minimum Gasteiger partial charge on any atom is -0.351 e. The molecule has 0 spiro atoms. The molecule has 20 heavy (non-hydrogen) atoms. The van der Waals surface area contributed by atoms with Gasteiger partial charge < -0.3 is 14.8 Å². The second-order valence-corrected chi connectivity index (χ2v) is 4.72. The second-order valence-electron chi connectivity index (χ2n) is 4.72. The van der Waals surface area contributed by atoms with Crippen molar-refractivity contribution in [3.63, 3.8) is 0 Å². The highest BCUT2D eigenvalue weighted by atomic mass is 19.1. The zero-order valence-electron chi connectivity index (χ0n) is 12.9. The molecule has 0 amide bonds. The zero-order chi connectivity index (χ0) is 15.0. The lowest BCUT2D eigenvalue weighted by atomic mass is 10.0. The van der Waals surface area contributed by atoms with Crippen LogP contribution >= 0.6 is 0 Å². The first-order valence-corrected chi connectivity index (χ1v) is 7.36. The van der Waals surface area contributed by atoms with Crippen LogP contribution in [-0.2, 0) is 9.47 Å². The zero-order valence-corrected chi connectivity index (χ0v) is 12.9. The number of benzene rings is 1. The Morgan fingerprint density at radius 1 is 1.15 bits per heavy atom. The van der Waals surface area contributed by atoms with E-state index in [1.54, 1.807) is 13.0 Å². The van der Waals surface area contributed by atoms with Gasteiger partial charge in [-0.25, -0.2) is 4.39 Å². The molecule has 0 fully saturated rings. The minimum atomic E-state index is -0.360. The molecular formula is C16H26FNO2. The van der Waals surface area contributed by atoms with Crippen LogP contribution in [0.25, 0.3) is 0 Å². The molecule has 0 saturated carbocycles. The second kappa shape index (κ2) is 9.06. The predicted octanol–water partition coefficient (Wildman–Crippen LogP) is 3.57. The maximum absolute atomic E-state index is 13.4. The summed E-state index contributed by atoms with van der Waals surface area (Å²) in [4.78, 5) is 0. The van der Waals surface area contributed by atoms with Crippen molar-refractivity contribution >= 4 is 0 Å². The van der Waals surface area contributed by atoms with Gasteiger partial charge >= 0.3 is 0 Å². The molecule has 0 radical (unpaired) electrons. The van der Waals surface area contributed by atoms with Gasteiger partial charge in [0, 0.05) is 13.2 Å². The van der Waals surface area contributed by atoms with Gasteiger partial charge in [-0.15, -0.1) is 0 Å². The third-order valence-corrected chi connectivity index (χ3v) is 3.09. The molecule has 0 saturated heterocycles. The maximum atomic E-state index is 13.4. The van der Waals surface area contributed by atoms with Crippen LogP contribution in [0.3, 0.4) is 0 Å². The molecule has 0 bridgehead atoms. The summed E-state index contributed by atoms with van der Waals surface area (Å²) in [7, 11) is 0. The Morgan fingerprint density at radius 3 is 2.30 bits per heavy atom. The number of hydrogen-bond acceptors (Lipinski definition) is 3. The summed E-state index contributed by atoms with van der Waals surface area (Å²) >= 11 is 0. The van der Waals surface area contributed by atoms with E-state index in [-0.39, 0.29) is 18.1 Å². The normalized spacial score (nSPS) is 12.9. The quantitative estimate of drug-likeness (QED) is 0.703. The van der Waals surface area contributed by atoms with Gasteiger partial charge in [-0.2, -0.15) is 0 Å². The maximum Gasteiger partial charge on any atom is 0.176 e. The van der Waals surface area contributed by atoms with Crippen molar-refractivity contribution in [1.29, 1.82) is 0 Å². The minimum absolute atomic E-state index is 0.0888. The first-order chi connectivity index (χ1) is 9.63. The summed E-state index contributed by atoms with van der Waals surface area (Å²) in [6, 6.07) is 5.06. The van der Waals surface area contributed by atoms with E-state index in [0.717, 1.165) is 18.5 Å². The van der Waals surface area contributed by atoms with Crippen molar-refractivity contribution in [2.24, 2.45) is 0 Å². The van der Waals surface area contributed by atoms with Gasteiger partial charge in [0.2, 0.25) is 0 Å². The van der Waals surface area contributed by atoms with Crippen molar-refractivity contribution in [2.75, 3.05) is 19.8 Å². The lowest BCUT2D eigenvalue weighted by molar-refractivity contribution is -0.155. The van der Waals surface area contributed by atoms with Crippen molar-refractivity contribution in [3.05, 3.63) is 35.1 Å². The summed E-state index contributed by atoms with van der Waals surface area (Å²) < 4.78 is 24.8. The van der Waals surface area contributed by atoms with Gasteiger partial charge in [0.25, 0.3) is 0 Å². The highest BCUT2D eigenvalue weighted by Gasteiger charge is 2.24. The average Bonchev–Trinajstić information content (AvgIpc) is 2.43. The molecule has 0 aromatic heterocycles. The van der Waals surface area contributed by atoms with Gasteiger partial charge in [0.1, 0.15) is 5.82 Å². The summed E-state index contributed by atoms with van der Waals surface area (Å²) in [6.45, 7) is 9.78. The molecule has 0 aliphatic heterocycles. The largest absolute Gasteiger partial charge is 0.351 e. The van der Waals surface area contributed by atoms with E-state index in [4.69, 9.17) is 9.47 Å². The van der Waals surface area contributed by atoms with Gasteiger partial charge in [0.05, 0.1) is 6.04 Å². The van der Waals surface area contributed by atoms with E-state index < -0.39 is 0 Å². The van der Waals surface area contributed by atoms with Crippen molar-refractivity contribution in [2.45, 2.75) is 46.4 Å². The fourth-order valence-corrected chi connectivity index (χ4v) is 2.10. The summed E-state index contributed by atoms with van der Waals surface area (Å²) in [5.41, 5.74) is 1.63. The first kappa shape index (κ1) is 17.1. The molecule has 1 aromatic rings. The molecule has 1 unspecified atom stereocenters. The molecule has 1 aromatic carbocycles. The van der Waals surface area contributed by atoms with Gasteiger partial charge in [0.15, 0.2) is 6.29 Å². The standard InChI is InChI=1S/C16H26FNO2/c1-5-10-18-15(16(19-6-2)20-7-3)13-8-9-14(17)12(4)11-13/h8-9,11,15-16,18H,5-7,10H2,1-4H3. The smallest absolute Gasteiger partial charge is 0.176 e. The van der Waals surface area contributed by atoms with E-state index >= 15 is 0 Å². The number of hydrogen-bond donors (Lipinski definition) is 1. The highest BCUT2D eigenvalue weighted by Crippen LogP contribution is 2.23. The molecule has 0 aliphatic carbocycles. The molecule has 114 valence electrons. The summed E-state index contributed by atoms with van der Waals surface area (Å²) in [5.74, 6) is -0.188. The van der Waals surface area contributed by atoms with Gasteiger partial charge in [-0.05, 0) is 50.9 Å². The summed E-state index contributed by atoms with van der Waals surface area (Å²) in [6.07, 6.45) is 0.656. The van der Waals surface area contributed by atoms with E-state index in [9.17, 15) is 4.39 Å². The molecule has 3 nitrogen and oxygen atoms in total. The topological polar surface area (TPSA) is 30.5 Å². The van der Waals surface area contributed by atoms with E-state index in [0.29, 0.717) is 18.8 Å². The predicted molar refractivity (Wildman–Crippen MR) is 79.2 cm³/mol. The average molecular weight is 283 g/mol. The van der Waals surface area contributed by atoms with Crippen LogP contribution in [0.15, 0.2) is 18.2 Å². The Bertz CT molecular complexity index is 392. The summed E-state index contributed by atoms with van der Waals surface area (Å²) in [5, 5.41) is 3.43. The fraction of sp³-hybridized carbons (Fsp3) is 0.625. The Morgan fingerprint density at radius 2 is 1.80 bits per heavy atom. The number of aryl methyl sites for hydroxylation is 1. The van der Waals surface area contributed by atoms with Crippen LogP contribution in [0, 0.1) is 12.7 Å². The highest BCUT2D eigenvalue weighted by molar-refractivity contribution is 5.27. The molecule has 4 heteroatoms. The van der Waals surface area contributed by atoms with Crippen LogP contribution in [0.4, 0.5) is 4.39 Å². The van der Waals surface area contributed by atoms with Crippen molar-refractivity contribution < 1.29 is 13.9 Å². The Balaban J connectivity index is 2.98. The first-order valence-electron chi connectivity index (χ1n) is 7.36. The van der Waals surface area contributed by atoms with Gasteiger partial charge in [-0.3, -0.25) is 0 Å². The Hall–Kier alpha value is -0.970. The lowest BCUT2D eigenvalue weighted by Crippen LogP contribution is -2.36. The Kier molecular flexibility index (Phi) is 7.73. The number of ether oxygens (including phenoxy) is 2. The van der Waals surface area contributed by atoms with Crippen LogP contribution < -0.4 is 5.32 Å². The fourth-order valence-electron chi connectivity index (χ4n) is 2.10. The van der Waals surface area contributed by atoms with Crippen LogP contribution in [0.1, 0.15) is 44.4 Å². The molecule has 0 aliphatic rings. The molecule has 0 heterocycles. The number of rotatable bonds is 9. The third-order valence-electron chi connectivity index (χ3n) is 3.09. The van der Waals surface area contributed by atoms with E-state index in [2.05, 4.69) is 12.2 Å². The molecule has 1 N–H and O–H groups in total. The molecule has 1 rings (SSSR count). The monoisotopic (exact) mass is 283 g/mol. The van der Waals surface area contributed by atoms with Crippen LogP contribution in [0.2, 0.25) is 0 Å². The SMILES string of the molecule is CCCNC(c1ccc(F)c(C)c1)C(OCC)OCC. The van der Waals surface area contributed by atoms with Crippen molar-refractivity contribution in [1.82, 2.24) is 5.32 Å². The van der Waals surface area contributed by atoms with E-state index in [1.165, 1.54) is 6.07 Å². The van der Waals surface area contributed by atoms with Gasteiger partial charge in [-0.1, -0.05) is 19.1 Å². The molecular weight excluding hydrogens is 257 g/mol. The lowest BCUT2D eigenvalue weighted by Gasteiger charge is -2.28. The Labute approximate surface area is 121 Å².